The largest absolute Gasteiger partial charge is 0.390 e. The van der Waals surface area contributed by atoms with Crippen molar-refractivity contribution in [1.29, 1.82) is 0 Å². The van der Waals surface area contributed by atoms with Crippen LogP contribution in [0.2, 0.25) is 0 Å². The summed E-state index contributed by atoms with van der Waals surface area (Å²) in [4.78, 5) is 2.50. The van der Waals surface area contributed by atoms with Crippen molar-refractivity contribution in [2.45, 2.75) is 51.6 Å². The fourth-order valence-electron chi connectivity index (χ4n) is 3.12. The number of likely N-dealkylation sites (tertiary alicyclic amines) is 1. The van der Waals surface area contributed by atoms with Gasteiger partial charge in [0.15, 0.2) is 0 Å². The van der Waals surface area contributed by atoms with E-state index in [0.717, 1.165) is 32.5 Å². The Bertz CT molecular complexity index is 270. The van der Waals surface area contributed by atoms with Crippen LogP contribution < -0.4 is 0 Å². The fraction of sp³-hybridized carbons (Fsp3) is 0.857. The maximum atomic E-state index is 10.5. The minimum Gasteiger partial charge on any atom is -0.390 e. The maximum Gasteiger partial charge on any atom is 0.0700 e. The predicted octanol–water partition coefficient (Wildman–Crippen LogP) is 2.58. The van der Waals surface area contributed by atoms with Crippen LogP contribution in [0.5, 0.6) is 0 Å². The van der Waals surface area contributed by atoms with Gasteiger partial charge < -0.3 is 5.11 Å². The molecule has 2 aliphatic rings. The van der Waals surface area contributed by atoms with Crippen molar-refractivity contribution in [2.24, 2.45) is 5.92 Å². The minimum atomic E-state index is -0.320. The van der Waals surface area contributed by atoms with Crippen LogP contribution in [0, 0.1) is 5.92 Å². The first-order chi connectivity index (χ1) is 7.60. The van der Waals surface area contributed by atoms with Gasteiger partial charge >= 0.3 is 0 Å². The first-order valence-electron chi connectivity index (χ1n) is 6.68. The van der Waals surface area contributed by atoms with E-state index in [1.54, 1.807) is 0 Å². The Kier molecular flexibility index (Phi) is 3.70. The number of fused-ring (bicyclic) bond motifs is 1. The molecule has 0 spiro atoms. The first kappa shape index (κ1) is 12.1. The number of hydrogen-bond acceptors (Lipinski definition) is 2. The summed E-state index contributed by atoms with van der Waals surface area (Å²) in [6.45, 7) is 7.54. The number of nitrogens with zero attached hydrogens (tertiary/aromatic N) is 1. The van der Waals surface area contributed by atoms with Crippen molar-refractivity contribution >= 4 is 0 Å². The summed E-state index contributed by atoms with van der Waals surface area (Å²) >= 11 is 0. The zero-order chi connectivity index (χ0) is 11.6. The van der Waals surface area contributed by atoms with Crippen LogP contribution >= 0.6 is 0 Å². The highest BCUT2D eigenvalue weighted by Gasteiger charge is 2.42. The van der Waals surface area contributed by atoms with E-state index in [4.69, 9.17) is 0 Å². The van der Waals surface area contributed by atoms with E-state index in [9.17, 15) is 5.11 Å². The molecule has 1 aliphatic carbocycles. The third-order valence-corrected chi connectivity index (χ3v) is 4.27. The lowest BCUT2D eigenvalue weighted by Crippen LogP contribution is -2.53. The number of rotatable bonds is 2. The smallest absolute Gasteiger partial charge is 0.0700 e. The molecule has 0 aromatic carbocycles. The van der Waals surface area contributed by atoms with Gasteiger partial charge in [0.2, 0.25) is 0 Å². The summed E-state index contributed by atoms with van der Waals surface area (Å²) in [6, 6.07) is 0. The number of piperidine rings is 1. The second-order valence-corrected chi connectivity index (χ2v) is 5.84. The van der Waals surface area contributed by atoms with Crippen LogP contribution in [0.4, 0.5) is 0 Å². The predicted molar refractivity (Wildman–Crippen MR) is 67.4 cm³/mol. The molecule has 2 rings (SSSR count). The second kappa shape index (κ2) is 4.89. The Morgan fingerprint density at radius 2 is 2.19 bits per heavy atom. The van der Waals surface area contributed by atoms with E-state index in [1.807, 2.05) is 0 Å². The average molecular weight is 223 g/mol. The maximum absolute atomic E-state index is 10.5. The lowest BCUT2D eigenvalue weighted by Gasteiger charge is -2.47. The number of aliphatic hydroxyl groups is 1. The van der Waals surface area contributed by atoms with Crippen molar-refractivity contribution in [1.82, 2.24) is 4.90 Å². The minimum absolute atomic E-state index is 0.320. The molecule has 1 saturated carbocycles. The topological polar surface area (TPSA) is 23.5 Å². The zero-order valence-electron chi connectivity index (χ0n) is 10.7. The molecule has 2 fully saturated rings. The number of allylic oxidation sites excluding steroid dienone is 1. The van der Waals surface area contributed by atoms with Crippen LogP contribution in [0.1, 0.15) is 46.0 Å². The van der Waals surface area contributed by atoms with Crippen molar-refractivity contribution in [3.05, 3.63) is 11.6 Å². The van der Waals surface area contributed by atoms with E-state index in [2.05, 4.69) is 24.8 Å². The molecular formula is C14H25NO. The van der Waals surface area contributed by atoms with Crippen LogP contribution in [-0.2, 0) is 0 Å². The van der Waals surface area contributed by atoms with Crippen molar-refractivity contribution < 1.29 is 5.11 Å². The Labute approximate surface area is 99.3 Å². The molecule has 2 heteroatoms. The van der Waals surface area contributed by atoms with Gasteiger partial charge in [-0.25, -0.2) is 0 Å². The molecule has 0 amide bonds. The van der Waals surface area contributed by atoms with E-state index in [0.29, 0.717) is 5.92 Å². The lowest BCUT2D eigenvalue weighted by atomic mass is 9.71. The van der Waals surface area contributed by atoms with Crippen molar-refractivity contribution in [2.75, 3.05) is 19.6 Å². The Morgan fingerprint density at radius 1 is 1.38 bits per heavy atom. The highest BCUT2D eigenvalue weighted by molar-refractivity contribution is 4.99. The summed E-state index contributed by atoms with van der Waals surface area (Å²) in [6.07, 6.45) is 8.07. The van der Waals surface area contributed by atoms with E-state index < -0.39 is 0 Å². The lowest BCUT2D eigenvalue weighted by molar-refractivity contribution is -0.0934. The van der Waals surface area contributed by atoms with Crippen LogP contribution in [0.15, 0.2) is 11.6 Å². The third kappa shape index (κ3) is 2.67. The average Bonchev–Trinajstić information content (AvgIpc) is 2.26. The van der Waals surface area contributed by atoms with Gasteiger partial charge in [-0.15, -0.1) is 0 Å². The highest BCUT2D eigenvalue weighted by atomic mass is 16.3. The van der Waals surface area contributed by atoms with Gasteiger partial charge in [0.1, 0.15) is 0 Å². The fourth-order valence-corrected chi connectivity index (χ4v) is 3.12. The summed E-state index contributed by atoms with van der Waals surface area (Å²) in [5.41, 5.74) is 1.07. The normalized spacial score (nSPS) is 35.6. The van der Waals surface area contributed by atoms with Gasteiger partial charge in [-0.2, -0.15) is 0 Å². The molecule has 2 atom stereocenters. The molecule has 1 heterocycles. The Morgan fingerprint density at radius 3 is 2.94 bits per heavy atom. The van der Waals surface area contributed by atoms with E-state index >= 15 is 0 Å². The third-order valence-electron chi connectivity index (χ3n) is 4.27. The molecule has 92 valence electrons. The van der Waals surface area contributed by atoms with Gasteiger partial charge in [0, 0.05) is 25.6 Å². The standard InChI is InChI=1S/C14H25NO/c1-12(2)6-9-15-10-8-14(16)7-4-3-5-13(14)11-15/h6,13,16H,3-5,7-11H2,1-2H3. The zero-order valence-corrected chi connectivity index (χ0v) is 10.7. The summed E-state index contributed by atoms with van der Waals surface area (Å²) in [7, 11) is 0. The Balaban J connectivity index is 1.92. The second-order valence-electron chi connectivity index (χ2n) is 5.84. The number of hydrogen-bond donors (Lipinski definition) is 1. The highest BCUT2D eigenvalue weighted by Crippen LogP contribution is 2.39. The van der Waals surface area contributed by atoms with Gasteiger partial charge in [-0.1, -0.05) is 24.5 Å². The van der Waals surface area contributed by atoms with Crippen LogP contribution in [-0.4, -0.2) is 35.2 Å². The summed E-state index contributed by atoms with van der Waals surface area (Å²) in [5.74, 6) is 0.528. The van der Waals surface area contributed by atoms with E-state index in [1.165, 1.54) is 24.8 Å². The SMILES string of the molecule is CC(C)=CCN1CCC2(O)CCCCC2C1. The van der Waals surface area contributed by atoms with Gasteiger partial charge in [-0.3, -0.25) is 4.90 Å². The first-order valence-corrected chi connectivity index (χ1v) is 6.68. The van der Waals surface area contributed by atoms with Crippen LogP contribution in [0.3, 0.4) is 0 Å². The molecule has 1 N–H and O–H groups in total. The molecule has 2 nitrogen and oxygen atoms in total. The molecule has 16 heavy (non-hydrogen) atoms. The molecule has 0 radical (unpaired) electrons. The molecule has 2 unspecified atom stereocenters. The van der Waals surface area contributed by atoms with Gasteiger partial charge in [-0.05, 0) is 33.1 Å². The monoisotopic (exact) mass is 223 g/mol. The summed E-state index contributed by atoms with van der Waals surface area (Å²) in [5, 5.41) is 10.5. The molecule has 0 aromatic rings. The molecular weight excluding hydrogens is 198 g/mol. The molecule has 0 aromatic heterocycles. The summed E-state index contributed by atoms with van der Waals surface area (Å²) < 4.78 is 0. The molecule has 1 aliphatic heterocycles. The van der Waals surface area contributed by atoms with Crippen molar-refractivity contribution in [3.8, 4) is 0 Å². The van der Waals surface area contributed by atoms with Gasteiger partial charge in [0.25, 0.3) is 0 Å². The van der Waals surface area contributed by atoms with Crippen molar-refractivity contribution in [3.63, 3.8) is 0 Å². The Hall–Kier alpha value is -0.340. The van der Waals surface area contributed by atoms with Gasteiger partial charge in [0.05, 0.1) is 5.60 Å². The quantitative estimate of drug-likeness (QED) is 0.727. The molecule has 0 bridgehead atoms. The van der Waals surface area contributed by atoms with Crippen LogP contribution in [0.25, 0.3) is 0 Å². The van der Waals surface area contributed by atoms with E-state index in [-0.39, 0.29) is 5.60 Å². The molecule has 1 saturated heterocycles.